The van der Waals surface area contributed by atoms with Crippen molar-refractivity contribution in [3.63, 3.8) is 0 Å². The minimum absolute atomic E-state index is 0.164. The van der Waals surface area contributed by atoms with E-state index in [2.05, 4.69) is 10.2 Å². The van der Waals surface area contributed by atoms with Gasteiger partial charge in [-0.05, 0) is 6.92 Å². The van der Waals surface area contributed by atoms with E-state index in [9.17, 15) is 9.59 Å². The smallest absolute Gasteiger partial charge is 0.340 e. The number of carboxylic acid groups (broad SMARTS) is 1. The second-order valence-electron chi connectivity index (χ2n) is 2.24. The van der Waals surface area contributed by atoms with Gasteiger partial charge in [0.1, 0.15) is 5.56 Å². The molecule has 0 aliphatic rings. The van der Waals surface area contributed by atoms with E-state index in [4.69, 9.17) is 10.8 Å². The molecule has 0 radical (unpaired) electrons. The van der Waals surface area contributed by atoms with Crippen molar-refractivity contribution in [1.82, 2.24) is 10.2 Å². The molecule has 0 saturated carbocycles. The third-order valence-corrected chi connectivity index (χ3v) is 1.39. The van der Waals surface area contributed by atoms with Crippen molar-refractivity contribution < 1.29 is 14.7 Å². The van der Waals surface area contributed by atoms with Crippen LogP contribution in [0.2, 0.25) is 0 Å². The van der Waals surface area contributed by atoms with E-state index in [1.807, 2.05) is 0 Å². The summed E-state index contributed by atoms with van der Waals surface area (Å²) in [6, 6.07) is 0. The van der Waals surface area contributed by atoms with Crippen molar-refractivity contribution >= 4 is 11.9 Å². The molecule has 1 aromatic heterocycles. The SMILES string of the molecule is Cc1[nH]nc(C(N)=O)c1C(=O)O. The van der Waals surface area contributed by atoms with E-state index < -0.39 is 11.9 Å². The molecule has 1 amide bonds. The average Bonchev–Trinajstić information content (AvgIpc) is 2.30. The molecule has 0 saturated heterocycles. The highest BCUT2D eigenvalue weighted by Gasteiger charge is 2.20. The van der Waals surface area contributed by atoms with Crippen molar-refractivity contribution in [2.24, 2.45) is 5.73 Å². The lowest BCUT2D eigenvalue weighted by molar-refractivity contribution is 0.0691. The number of hydrogen-bond acceptors (Lipinski definition) is 3. The lowest BCUT2D eigenvalue weighted by Gasteiger charge is -1.91. The number of aryl methyl sites for hydroxylation is 1. The lowest BCUT2D eigenvalue weighted by Crippen LogP contribution is -2.16. The summed E-state index contributed by atoms with van der Waals surface area (Å²) in [7, 11) is 0. The number of nitrogens with two attached hydrogens (primary N) is 1. The van der Waals surface area contributed by atoms with Gasteiger partial charge in [0.2, 0.25) is 0 Å². The van der Waals surface area contributed by atoms with Crippen molar-refractivity contribution in [1.29, 1.82) is 0 Å². The molecule has 0 bridgehead atoms. The lowest BCUT2D eigenvalue weighted by atomic mass is 10.2. The van der Waals surface area contributed by atoms with Crippen LogP contribution in [0.15, 0.2) is 0 Å². The number of aromatic nitrogens is 2. The second kappa shape index (κ2) is 2.65. The Morgan fingerprint density at radius 1 is 1.58 bits per heavy atom. The van der Waals surface area contributed by atoms with Gasteiger partial charge in [-0.3, -0.25) is 9.89 Å². The number of nitrogens with zero attached hydrogens (tertiary/aromatic N) is 1. The van der Waals surface area contributed by atoms with Crippen LogP contribution in [0.5, 0.6) is 0 Å². The second-order valence-corrected chi connectivity index (χ2v) is 2.24. The number of carboxylic acids is 1. The van der Waals surface area contributed by atoms with Gasteiger partial charge in [-0.25, -0.2) is 4.79 Å². The minimum atomic E-state index is -1.21. The first-order valence-corrected chi connectivity index (χ1v) is 3.12. The van der Waals surface area contributed by atoms with Crippen LogP contribution >= 0.6 is 0 Å². The van der Waals surface area contributed by atoms with Crippen molar-refractivity contribution in [2.45, 2.75) is 6.92 Å². The van der Waals surface area contributed by atoms with Crippen molar-refractivity contribution in [2.75, 3.05) is 0 Å². The summed E-state index contributed by atoms with van der Waals surface area (Å²) in [4.78, 5) is 21.2. The first-order chi connectivity index (χ1) is 5.54. The molecule has 0 unspecified atom stereocenters. The van der Waals surface area contributed by atoms with Crippen LogP contribution in [-0.2, 0) is 0 Å². The first-order valence-electron chi connectivity index (χ1n) is 3.12. The first kappa shape index (κ1) is 8.25. The fourth-order valence-corrected chi connectivity index (χ4v) is 0.869. The Morgan fingerprint density at radius 2 is 2.17 bits per heavy atom. The summed E-state index contributed by atoms with van der Waals surface area (Å²) >= 11 is 0. The standard InChI is InChI=1S/C6H7N3O3/c1-2-3(6(11)12)4(5(7)10)9-8-2/h1H3,(H2,7,10)(H,8,9)(H,11,12). The molecule has 6 nitrogen and oxygen atoms in total. The van der Waals surface area contributed by atoms with Crippen LogP contribution in [0.4, 0.5) is 0 Å². The van der Waals surface area contributed by atoms with Gasteiger partial charge in [-0.2, -0.15) is 5.10 Å². The van der Waals surface area contributed by atoms with Gasteiger partial charge in [0, 0.05) is 5.69 Å². The minimum Gasteiger partial charge on any atom is -0.478 e. The highest BCUT2D eigenvalue weighted by atomic mass is 16.4. The third kappa shape index (κ3) is 1.14. The van der Waals surface area contributed by atoms with E-state index in [1.54, 1.807) is 0 Å². The van der Waals surface area contributed by atoms with Gasteiger partial charge >= 0.3 is 5.97 Å². The van der Waals surface area contributed by atoms with E-state index in [1.165, 1.54) is 6.92 Å². The molecule has 1 rings (SSSR count). The zero-order valence-electron chi connectivity index (χ0n) is 6.29. The van der Waals surface area contributed by atoms with Crippen molar-refractivity contribution in [3.8, 4) is 0 Å². The van der Waals surface area contributed by atoms with Gasteiger partial charge in [-0.15, -0.1) is 0 Å². The van der Waals surface area contributed by atoms with Gasteiger partial charge in [0.15, 0.2) is 5.69 Å². The highest BCUT2D eigenvalue weighted by Crippen LogP contribution is 2.08. The number of aromatic carboxylic acids is 1. The zero-order valence-corrected chi connectivity index (χ0v) is 6.29. The van der Waals surface area contributed by atoms with Crippen LogP contribution in [0.3, 0.4) is 0 Å². The number of nitrogens with one attached hydrogen (secondary N) is 1. The maximum atomic E-state index is 10.6. The predicted octanol–water partition coefficient (Wildman–Crippen LogP) is -0.485. The molecule has 12 heavy (non-hydrogen) atoms. The Morgan fingerprint density at radius 3 is 2.50 bits per heavy atom. The summed E-state index contributed by atoms with van der Waals surface area (Å²) < 4.78 is 0. The normalized spacial score (nSPS) is 9.75. The fourth-order valence-electron chi connectivity index (χ4n) is 0.869. The Bertz CT molecular complexity index is 342. The molecule has 6 heteroatoms. The number of hydrogen-bond donors (Lipinski definition) is 3. The maximum Gasteiger partial charge on any atom is 0.340 e. The fraction of sp³-hybridized carbons (Fsp3) is 0.167. The van der Waals surface area contributed by atoms with E-state index >= 15 is 0 Å². The number of aromatic amines is 1. The molecule has 0 atom stereocenters. The Hall–Kier alpha value is -1.85. The molecule has 0 fully saturated rings. The van der Waals surface area contributed by atoms with E-state index in [0.717, 1.165) is 0 Å². The molecule has 1 heterocycles. The molecule has 0 aliphatic heterocycles. The molecule has 4 N–H and O–H groups in total. The Balaban J connectivity index is 3.31. The molecular weight excluding hydrogens is 162 g/mol. The largest absolute Gasteiger partial charge is 0.478 e. The molecule has 0 spiro atoms. The summed E-state index contributed by atoms with van der Waals surface area (Å²) in [5.74, 6) is -2.06. The monoisotopic (exact) mass is 169 g/mol. The van der Waals surface area contributed by atoms with Gasteiger partial charge in [-0.1, -0.05) is 0 Å². The summed E-state index contributed by atoms with van der Waals surface area (Å²) in [5.41, 5.74) is 4.80. The van der Waals surface area contributed by atoms with Crippen LogP contribution < -0.4 is 5.73 Å². The highest BCUT2D eigenvalue weighted by molar-refractivity contribution is 6.03. The zero-order chi connectivity index (χ0) is 9.30. The van der Waals surface area contributed by atoms with Crippen LogP contribution in [0.1, 0.15) is 26.5 Å². The predicted molar refractivity (Wildman–Crippen MR) is 38.8 cm³/mol. The van der Waals surface area contributed by atoms with Gasteiger partial charge in [0.05, 0.1) is 0 Å². The molecule has 0 aromatic carbocycles. The average molecular weight is 169 g/mol. The summed E-state index contributed by atoms with van der Waals surface area (Å²) in [6.45, 7) is 1.50. The van der Waals surface area contributed by atoms with Crippen LogP contribution in [-0.4, -0.2) is 27.2 Å². The molecule has 0 aliphatic carbocycles. The summed E-state index contributed by atoms with van der Waals surface area (Å²) in [5, 5.41) is 14.4. The Kier molecular flexibility index (Phi) is 1.82. The number of amides is 1. The number of primary amides is 1. The van der Waals surface area contributed by atoms with E-state index in [0.29, 0.717) is 5.69 Å². The van der Waals surface area contributed by atoms with Gasteiger partial charge in [0.25, 0.3) is 5.91 Å². The van der Waals surface area contributed by atoms with Crippen LogP contribution in [0.25, 0.3) is 0 Å². The molecular formula is C6H7N3O3. The number of carbonyl (C=O) groups is 2. The maximum absolute atomic E-state index is 10.6. The van der Waals surface area contributed by atoms with E-state index in [-0.39, 0.29) is 11.3 Å². The number of rotatable bonds is 2. The Labute approximate surface area is 67.4 Å². The van der Waals surface area contributed by atoms with Crippen molar-refractivity contribution in [3.05, 3.63) is 17.0 Å². The molecule has 1 aromatic rings. The van der Waals surface area contributed by atoms with Crippen LogP contribution in [0, 0.1) is 6.92 Å². The van der Waals surface area contributed by atoms with Gasteiger partial charge < -0.3 is 10.8 Å². The topological polar surface area (TPSA) is 109 Å². The third-order valence-electron chi connectivity index (χ3n) is 1.39. The quantitative estimate of drug-likeness (QED) is 0.555. The summed E-state index contributed by atoms with van der Waals surface area (Å²) in [6.07, 6.45) is 0. The molecule has 64 valence electrons. The number of H-pyrrole nitrogens is 1. The number of carbonyl (C=O) groups excluding carboxylic acids is 1.